The molecule has 1 aromatic carbocycles. The molecule has 0 unspecified atom stereocenters. The second-order valence-corrected chi connectivity index (χ2v) is 5.63. The number of ether oxygens (including phenoxy) is 1. The number of likely N-dealkylation sites (N-methyl/N-ethyl adjacent to an activating group) is 1. The molecule has 100 valence electrons. The van der Waals surface area contributed by atoms with Crippen LogP contribution in [-0.2, 0) is 0 Å². The number of hydrogen-bond acceptors (Lipinski definition) is 5. The van der Waals surface area contributed by atoms with Gasteiger partial charge in [0.1, 0.15) is 12.4 Å². The molecule has 1 aromatic heterocycles. The van der Waals surface area contributed by atoms with Gasteiger partial charge in [-0.15, -0.1) is 10.2 Å². The molecule has 0 radical (unpaired) electrons. The fourth-order valence-corrected chi connectivity index (χ4v) is 2.34. The molecule has 0 spiro atoms. The van der Waals surface area contributed by atoms with Gasteiger partial charge < -0.3 is 9.64 Å². The van der Waals surface area contributed by atoms with Crippen molar-refractivity contribution in [1.29, 1.82) is 0 Å². The summed E-state index contributed by atoms with van der Waals surface area (Å²) in [6, 6.07) is 3.64. The Balaban J connectivity index is 2.24. The molecule has 6 nitrogen and oxygen atoms in total. The lowest BCUT2D eigenvalue weighted by atomic mass is 9.99. The van der Waals surface area contributed by atoms with Crippen LogP contribution < -0.4 is 9.64 Å². The number of nitrogens with zero attached hydrogens (tertiary/aromatic N) is 4. The number of hydrogen-bond donors (Lipinski definition) is 1. The lowest BCUT2D eigenvalue weighted by Crippen LogP contribution is -2.49. The number of aromatic nitrogens is 4. The maximum atomic E-state index is 6.13. The molecule has 0 bridgehead atoms. The number of H-pyrrole nitrogens is 1. The molecule has 0 fully saturated rings. The molecule has 0 saturated heterocycles. The molecule has 7 heteroatoms. The monoisotopic (exact) mass is 279 g/mol. The second kappa shape index (κ2) is 4.09. The lowest BCUT2D eigenvalue weighted by Gasteiger charge is -2.42. The summed E-state index contributed by atoms with van der Waals surface area (Å²) < 4.78 is 5.82. The van der Waals surface area contributed by atoms with Gasteiger partial charge in [-0.3, -0.25) is 0 Å². The number of aromatic amines is 1. The average Bonchev–Trinajstić information content (AvgIpc) is 2.87. The van der Waals surface area contributed by atoms with Crippen molar-refractivity contribution in [2.75, 3.05) is 18.6 Å². The van der Waals surface area contributed by atoms with Crippen molar-refractivity contribution in [3.05, 3.63) is 17.2 Å². The molecule has 3 rings (SSSR count). The molecule has 2 heterocycles. The molecule has 0 aliphatic carbocycles. The maximum Gasteiger partial charge on any atom is 0.206 e. The first-order valence-electron chi connectivity index (χ1n) is 5.93. The topological polar surface area (TPSA) is 66.9 Å². The van der Waals surface area contributed by atoms with E-state index >= 15 is 0 Å². The zero-order chi connectivity index (χ0) is 13.6. The number of halogens is 1. The Labute approximate surface area is 115 Å². The van der Waals surface area contributed by atoms with Crippen molar-refractivity contribution in [2.45, 2.75) is 19.4 Å². The molecule has 0 saturated carbocycles. The van der Waals surface area contributed by atoms with E-state index in [2.05, 4.69) is 39.4 Å². The molecule has 1 aliphatic heterocycles. The van der Waals surface area contributed by atoms with Gasteiger partial charge in [-0.05, 0) is 25.1 Å². The largest absolute Gasteiger partial charge is 0.489 e. The molecular weight excluding hydrogens is 266 g/mol. The van der Waals surface area contributed by atoms with E-state index < -0.39 is 0 Å². The summed E-state index contributed by atoms with van der Waals surface area (Å²) in [6.45, 7) is 4.83. The van der Waals surface area contributed by atoms with Crippen LogP contribution in [0.4, 0.5) is 5.69 Å². The van der Waals surface area contributed by atoms with Gasteiger partial charge in [0.15, 0.2) is 0 Å². The third-order valence-electron chi connectivity index (χ3n) is 3.45. The van der Waals surface area contributed by atoms with E-state index in [1.165, 1.54) is 0 Å². The number of tetrazole rings is 1. The van der Waals surface area contributed by atoms with E-state index in [-0.39, 0.29) is 5.54 Å². The van der Waals surface area contributed by atoms with Gasteiger partial charge in [-0.25, -0.2) is 0 Å². The van der Waals surface area contributed by atoms with Crippen molar-refractivity contribution >= 4 is 17.3 Å². The van der Waals surface area contributed by atoms with Crippen LogP contribution in [0.1, 0.15) is 13.8 Å². The van der Waals surface area contributed by atoms with Crippen molar-refractivity contribution in [3.63, 3.8) is 0 Å². The Morgan fingerprint density at radius 2 is 2.21 bits per heavy atom. The van der Waals surface area contributed by atoms with Crippen molar-refractivity contribution < 1.29 is 4.74 Å². The van der Waals surface area contributed by atoms with Crippen LogP contribution in [0.2, 0.25) is 5.02 Å². The maximum absolute atomic E-state index is 6.13. The molecule has 2 aromatic rings. The fourth-order valence-electron chi connectivity index (χ4n) is 2.13. The highest BCUT2D eigenvalue weighted by atomic mass is 35.5. The third-order valence-corrected chi connectivity index (χ3v) is 3.67. The Morgan fingerprint density at radius 1 is 1.42 bits per heavy atom. The van der Waals surface area contributed by atoms with E-state index in [0.717, 1.165) is 17.0 Å². The van der Waals surface area contributed by atoms with Gasteiger partial charge in [-0.1, -0.05) is 11.6 Å². The number of rotatable bonds is 1. The average molecular weight is 280 g/mol. The van der Waals surface area contributed by atoms with Crippen molar-refractivity contribution in [1.82, 2.24) is 20.6 Å². The van der Waals surface area contributed by atoms with Crippen LogP contribution in [0.3, 0.4) is 0 Å². The Kier molecular flexibility index (Phi) is 2.63. The van der Waals surface area contributed by atoms with Gasteiger partial charge in [0.2, 0.25) is 5.82 Å². The number of nitrogens with one attached hydrogen (secondary N) is 1. The van der Waals surface area contributed by atoms with E-state index in [1.807, 2.05) is 19.2 Å². The van der Waals surface area contributed by atoms with Crippen molar-refractivity contribution in [3.8, 4) is 17.1 Å². The molecule has 0 atom stereocenters. The van der Waals surface area contributed by atoms with Crippen LogP contribution >= 0.6 is 11.6 Å². The van der Waals surface area contributed by atoms with Gasteiger partial charge in [0.25, 0.3) is 0 Å². The first kappa shape index (κ1) is 12.2. The van der Waals surface area contributed by atoms with Crippen LogP contribution in [0, 0.1) is 0 Å². The summed E-state index contributed by atoms with van der Waals surface area (Å²) in [6.07, 6.45) is 0. The Bertz CT molecular complexity index is 611. The minimum atomic E-state index is -0.112. The number of anilines is 1. The van der Waals surface area contributed by atoms with E-state index in [0.29, 0.717) is 17.5 Å². The predicted molar refractivity (Wildman–Crippen MR) is 72.6 cm³/mol. The summed E-state index contributed by atoms with van der Waals surface area (Å²) in [7, 11) is 2.03. The van der Waals surface area contributed by atoms with Gasteiger partial charge in [0, 0.05) is 18.1 Å². The summed E-state index contributed by atoms with van der Waals surface area (Å²) in [4.78, 5) is 2.16. The highest BCUT2D eigenvalue weighted by Crippen LogP contribution is 2.44. The summed E-state index contributed by atoms with van der Waals surface area (Å²) in [5, 5.41) is 14.7. The molecule has 1 aliphatic rings. The van der Waals surface area contributed by atoms with Crippen LogP contribution in [0.25, 0.3) is 11.4 Å². The number of fused-ring (bicyclic) bond motifs is 1. The Morgan fingerprint density at radius 3 is 2.89 bits per heavy atom. The third kappa shape index (κ3) is 1.92. The van der Waals surface area contributed by atoms with Gasteiger partial charge in [0.05, 0.1) is 16.8 Å². The Hall–Kier alpha value is -1.82. The smallest absolute Gasteiger partial charge is 0.206 e. The van der Waals surface area contributed by atoms with Crippen LogP contribution in [0.5, 0.6) is 5.75 Å². The van der Waals surface area contributed by atoms with E-state index in [4.69, 9.17) is 16.3 Å². The van der Waals surface area contributed by atoms with E-state index in [9.17, 15) is 0 Å². The molecular formula is C12H14ClN5O. The summed E-state index contributed by atoms with van der Waals surface area (Å²) in [5.41, 5.74) is 1.63. The quantitative estimate of drug-likeness (QED) is 0.866. The lowest BCUT2D eigenvalue weighted by molar-refractivity contribution is 0.218. The highest BCUT2D eigenvalue weighted by molar-refractivity contribution is 6.31. The zero-order valence-corrected chi connectivity index (χ0v) is 11.7. The normalized spacial score (nSPS) is 16.9. The van der Waals surface area contributed by atoms with Gasteiger partial charge in [-0.2, -0.15) is 5.21 Å². The highest BCUT2D eigenvalue weighted by Gasteiger charge is 2.34. The second-order valence-electron chi connectivity index (χ2n) is 5.20. The number of benzene rings is 1. The van der Waals surface area contributed by atoms with Gasteiger partial charge >= 0.3 is 0 Å². The zero-order valence-electron chi connectivity index (χ0n) is 10.9. The predicted octanol–water partition coefficient (Wildman–Crippen LogP) is 2.13. The summed E-state index contributed by atoms with van der Waals surface area (Å²) in [5.74, 6) is 1.25. The molecule has 1 N–H and O–H groups in total. The molecule has 19 heavy (non-hydrogen) atoms. The first-order chi connectivity index (χ1) is 8.99. The first-order valence-corrected chi connectivity index (χ1v) is 6.31. The fraction of sp³-hybridized carbons (Fsp3) is 0.417. The standard InChI is InChI=1S/C12H14ClN5O/c1-12(2)6-19-9-5-7(13)4-8(10(9)18(12)3)11-14-16-17-15-11/h4-5H,6H2,1-3H3,(H,14,15,16,17). The molecule has 0 amide bonds. The van der Waals surface area contributed by atoms with Crippen LogP contribution in [0.15, 0.2) is 12.1 Å². The minimum absolute atomic E-state index is 0.112. The summed E-state index contributed by atoms with van der Waals surface area (Å²) >= 11 is 6.13. The van der Waals surface area contributed by atoms with Crippen molar-refractivity contribution in [2.24, 2.45) is 0 Å². The SMILES string of the molecule is CN1c2c(cc(Cl)cc2-c2nn[nH]n2)OCC1(C)C. The van der Waals surface area contributed by atoms with Crippen LogP contribution in [-0.4, -0.2) is 39.8 Å². The van der Waals surface area contributed by atoms with E-state index in [1.54, 1.807) is 0 Å². The minimum Gasteiger partial charge on any atom is -0.489 e.